The molecule has 1 aromatic rings. The van der Waals surface area contributed by atoms with Crippen LogP contribution in [0, 0.1) is 12.8 Å². The molecule has 1 fully saturated rings. The predicted octanol–water partition coefficient (Wildman–Crippen LogP) is 2.00. The zero-order chi connectivity index (χ0) is 16.1. The fourth-order valence-electron chi connectivity index (χ4n) is 2.68. The summed E-state index contributed by atoms with van der Waals surface area (Å²) >= 11 is 6.00. The average molecular weight is 360 g/mol. The lowest BCUT2D eigenvalue weighted by atomic mass is 9.96. The van der Waals surface area contributed by atoms with Crippen LogP contribution in [0.25, 0.3) is 0 Å². The quantitative estimate of drug-likeness (QED) is 0.862. The van der Waals surface area contributed by atoms with Gasteiger partial charge in [-0.3, -0.25) is 9.59 Å². The number of hydrogen-bond donors (Lipinski definition) is 2. The van der Waals surface area contributed by atoms with Crippen molar-refractivity contribution >= 4 is 35.8 Å². The number of nitrogens with one attached hydrogen (secondary N) is 1. The standard InChI is InChI=1S/C16H22ClN3O2.ClH/c1-11-9-12(4-5-14(11)17)16(22)20-8-2-3-13(10-20)15(21)19-7-6-18;/h4-5,9,13H,2-3,6-8,10,18H2,1H3,(H,19,21);1H. The lowest BCUT2D eigenvalue weighted by Gasteiger charge is -2.32. The van der Waals surface area contributed by atoms with Crippen molar-refractivity contribution in [3.8, 4) is 0 Å². The van der Waals surface area contributed by atoms with Crippen LogP contribution in [-0.2, 0) is 4.79 Å². The summed E-state index contributed by atoms with van der Waals surface area (Å²) in [6.45, 7) is 3.90. The van der Waals surface area contributed by atoms with E-state index in [0.717, 1.165) is 18.4 Å². The van der Waals surface area contributed by atoms with Gasteiger partial charge in [0.15, 0.2) is 0 Å². The zero-order valence-corrected chi connectivity index (χ0v) is 14.8. The van der Waals surface area contributed by atoms with Crippen LogP contribution in [0.3, 0.4) is 0 Å². The predicted molar refractivity (Wildman–Crippen MR) is 94.1 cm³/mol. The number of carbonyl (C=O) groups excluding carboxylic acids is 2. The van der Waals surface area contributed by atoms with E-state index in [-0.39, 0.29) is 30.1 Å². The molecule has 23 heavy (non-hydrogen) atoms. The second-order valence-corrected chi connectivity index (χ2v) is 6.04. The summed E-state index contributed by atoms with van der Waals surface area (Å²) in [5.41, 5.74) is 6.89. The Balaban J connectivity index is 0.00000264. The van der Waals surface area contributed by atoms with E-state index in [2.05, 4.69) is 5.32 Å². The summed E-state index contributed by atoms with van der Waals surface area (Å²) in [7, 11) is 0. The van der Waals surface area contributed by atoms with Crippen LogP contribution in [0.15, 0.2) is 18.2 Å². The first kappa shape index (κ1) is 19.7. The molecule has 1 aromatic carbocycles. The van der Waals surface area contributed by atoms with Gasteiger partial charge >= 0.3 is 0 Å². The number of aryl methyl sites for hydroxylation is 1. The first-order chi connectivity index (χ1) is 10.5. The van der Waals surface area contributed by atoms with Crippen molar-refractivity contribution in [3.63, 3.8) is 0 Å². The molecule has 0 spiro atoms. The van der Waals surface area contributed by atoms with Crippen LogP contribution in [0.2, 0.25) is 5.02 Å². The molecule has 3 N–H and O–H groups in total. The van der Waals surface area contributed by atoms with Crippen LogP contribution < -0.4 is 11.1 Å². The van der Waals surface area contributed by atoms with Crippen molar-refractivity contribution in [3.05, 3.63) is 34.3 Å². The third-order valence-corrected chi connectivity index (χ3v) is 4.35. The van der Waals surface area contributed by atoms with Crippen molar-refractivity contribution in [1.29, 1.82) is 0 Å². The van der Waals surface area contributed by atoms with Crippen LogP contribution in [0.1, 0.15) is 28.8 Å². The van der Waals surface area contributed by atoms with Gasteiger partial charge in [-0.1, -0.05) is 11.6 Å². The molecule has 2 rings (SSSR count). The molecule has 1 saturated heterocycles. The highest BCUT2D eigenvalue weighted by Gasteiger charge is 2.28. The number of halogens is 2. The van der Waals surface area contributed by atoms with E-state index in [4.69, 9.17) is 17.3 Å². The summed E-state index contributed by atoms with van der Waals surface area (Å²) in [5.74, 6) is -0.219. The minimum atomic E-state index is -0.155. The van der Waals surface area contributed by atoms with Gasteiger partial charge in [0.2, 0.25) is 5.91 Å². The van der Waals surface area contributed by atoms with Gasteiger partial charge in [0.05, 0.1) is 5.92 Å². The van der Waals surface area contributed by atoms with Crippen LogP contribution in [-0.4, -0.2) is 42.9 Å². The molecule has 0 aliphatic carbocycles. The molecule has 1 aliphatic heterocycles. The first-order valence-electron chi connectivity index (χ1n) is 7.56. The van der Waals surface area contributed by atoms with E-state index in [1.165, 1.54) is 0 Å². The van der Waals surface area contributed by atoms with Crippen molar-refractivity contribution < 1.29 is 9.59 Å². The second-order valence-electron chi connectivity index (χ2n) is 5.63. The summed E-state index contributed by atoms with van der Waals surface area (Å²) in [5, 5.41) is 3.45. The van der Waals surface area contributed by atoms with Gasteiger partial charge in [-0.2, -0.15) is 0 Å². The lowest BCUT2D eigenvalue weighted by Crippen LogP contribution is -2.46. The van der Waals surface area contributed by atoms with Crippen molar-refractivity contribution in [2.24, 2.45) is 11.7 Å². The van der Waals surface area contributed by atoms with E-state index >= 15 is 0 Å². The molecule has 0 radical (unpaired) electrons. The van der Waals surface area contributed by atoms with Crippen LogP contribution in [0.4, 0.5) is 0 Å². The number of rotatable bonds is 4. The number of benzene rings is 1. The largest absolute Gasteiger partial charge is 0.355 e. The highest BCUT2D eigenvalue weighted by atomic mass is 35.5. The molecule has 7 heteroatoms. The smallest absolute Gasteiger partial charge is 0.253 e. The van der Waals surface area contributed by atoms with Crippen molar-refractivity contribution in [1.82, 2.24) is 10.2 Å². The van der Waals surface area contributed by atoms with Gasteiger partial charge in [0.25, 0.3) is 5.91 Å². The van der Waals surface area contributed by atoms with Gasteiger partial charge in [0, 0.05) is 36.8 Å². The van der Waals surface area contributed by atoms with Crippen molar-refractivity contribution in [2.45, 2.75) is 19.8 Å². The number of nitrogens with zero attached hydrogens (tertiary/aromatic N) is 1. The zero-order valence-electron chi connectivity index (χ0n) is 13.2. The molecular weight excluding hydrogens is 337 g/mol. The lowest BCUT2D eigenvalue weighted by molar-refractivity contribution is -0.126. The topological polar surface area (TPSA) is 75.4 Å². The van der Waals surface area contributed by atoms with E-state index in [0.29, 0.717) is 36.8 Å². The number of carbonyl (C=O) groups is 2. The minimum Gasteiger partial charge on any atom is -0.355 e. The highest BCUT2D eigenvalue weighted by Crippen LogP contribution is 2.21. The summed E-state index contributed by atoms with van der Waals surface area (Å²) in [4.78, 5) is 26.4. The highest BCUT2D eigenvalue weighted by molar-refractivity contribution is 6.31. The molecule has 1 heterocycles. The maximum atomic E-state index is 12.6. The van der Waals surface area contributed by atoms with E-state index in [1.807, 2.05) is 6.92 Å². The molecule has 1 unspecified atom stereocenters. The van der Waals surface area contributed by atoms with E-state index < -0.39 is 0 Å². The summed E-state index contributed by atoms with van der Waals surface area (Å²) in [6, 6.07) is 5.26. The number of nitrogens with two attached hydrogens (primary N) is 1. The number of likely N-dealkylation sites (tertiary alicyclic amines) is 1. The average Bonchev–Trinajstić information content (AvgIpc) is 2.54. The van der Waals surface area contributed by atoms with E-state index in [9.17, 15) is 9.59 Å². The fourth-order valence-corrected chi connectivity index (χ4v) is 2.79. The molecule has 0 aromatic heterocycles. The van der Waals surface area contributed by atoms with Crippen molar-refractivity contribution in [2.75, 3.05) is 26.2 Å². The summed E-state index contributed by atoms with van der Waals surface area (Å²) < 4.78 is 0. The first-order valence-corrected chi connectivity index (χ1v) is 7.94. The Labute approximate surface area is 148 Å². The third kappa shape index (κ3) is 5.09. The van der Waals surface area contributed by atoms with Gasteiger partial charge < -0.3 is 16.0 Å². The molecule has 0 bridgehead atoms. The molecule has 128 valence electrons. The monoisotopic (exact) mass is 359 g/mol. The van der Waals surface area contributed by atoms with Crippen LogP contribution in [0.5, 0.6) is 0 Å². The molecule has 5 nitrogen and oxygen atoms in total. The number of amides is 2. The fraction of sp³-hybridized carbons (Fsp3) is 0.500. The van der Waals surface area contributed by atoms with Gasteiger partial charge in [0.1, 0.15) is 0 Å². The molecule has 0 saturated carbocycles. The van der Waals surface area contributed by atoms with Gasteiger partial charge in [-0.05, 0) is 43.5 Å². The van der Waals surface area contributed by atoms with Gasteiger partial charge in [-0.15, -0.1) is 12.4 Å². The molecule has 1 aliphatic rings. The Kier molecular flexibility index (Phi) is 7.82. The Morgan fingerprint density at radius 1 is 1.43 bits per heavy atom. The molecular formula is C16H23Cl2N3O2. The normalized spacial score (nSPS) is 17.3. The summed E-state index contributed by atoms with van der Waals surface area (Å²) in [6.07, 6.45) is 1.64. The maximum absolute atomic E-state index is 12.6. The van der Waals surface area contributed by atoms with Gasteiger partial charge in [-0.25, -0.2) is 0 Å². The van der Waals surface area contributed by atoms with Crippen LogP contribution >= 0.6 is 24.0 Å². The second kappa shape index (κ2) is 9.11. The number of piperidine rings is 1. The molecule has 2 amide bonds. The Morgan fingerprint density at radius 2 is 2.17 bits per heavy atom. The Bertz CT molecular complexity index is 566. The molecule has 1 atom stereocenters. The Hall–Kier alpha value is -1.30. The third-order valence-electron chi connectivity index (χ3n) is 3.93. The Morgan fingerprint density at radius 3 is 2.83 bits per heavy atom. The maximum Gasteiger partial charge on any atom is 0.253 e. The minimum absolute atomic E-state index is 0. The van der Waals surface area contributed by atoms with E-state index in [1.54, 1.807) is 23.1 Å². The SMILES string of the molecule is Cc1cc(C(=O)N2CCCC(C(=O)NCCN)C2)ccc1Cl.Cl. The number of hydrogen-bond acceptors (Lipinski definition) is 3.